The molecule has 0 amide bonds. The second-order valence-corrected chi connectivity index (χ2v) is 6.29. The molecule has 4 nitrogen and oxygen atoms in total. The molecule has 2 aromatic rings. The van der Waals surface area contributed by atoms with Gasteiger partial charge in [0.1, 0.15) is 5.75 Å². The van der Waals surface area contributed by atoms with E-state index in [-0.39, 0.29) is 6.04 Å². The monoisotopic (exact) mass is 283 g/mol. The average Bonchev–Trinajstić information content (AvgIpc) is 2.94. The van der Waals surface area contributed by atoms with E-state index in [4.69, 9.17) is 10.6 Å². The lowest BCUT2D eigenvalue weighted by Crippen LogP contribution is -2.28. The quantitative estimate of drug-likeness (QED) is 0.654. The number of hydrazine groups is 1. The highest BCUT2D eigenvalue weighted by Gasteiger charge is 2.16. The van der Waals surface area contributed by atoms with Gasteiger partial charge in [0.05, 0.1) is 23.9 Å². The Labute approximate surface area is 115 Å². The Hall–Kier alpha value is -0.950. The molecule has 18 heavy (non-hydrogen) atoms. The van der Waals surface area contributed by atoms with Crippen LogP contribution in [0.25, 0.3) is 0 Å². The number of ether oxygens (including phenoxy) is 1. The molecule has 0 bridgehead atoms. The van der Waals surface area contributed by atoms with Crippen LogP contribution in [0.2, 0.25) is 0 Å². The first-order valence-electron chi connectivity index (χ1n) is 5.65. The van der Waals surface area contributed by atoms with E-state index in [0.29, 0.717) is 0 Å². The number of nitrogens with one attached hydrogen (secondary N) is 1. The number of aromatic nitrogens is 1. The molecular weight excluding hydrogens is 266 g/mol. The summed E-state index contributed by atoms with van der Waals surface area (Å²) in [6.07, 6.45) is 0.805. The number of thiazole rings is 1. The maximum absolute atomic E-state index is 5.64. The van der Waals surface area contributed by atoms with Crippen molar-refractivity contribution in [1.82, 2.24) is 10.4 Å². The fourth-order valence-electron chi connectivity index (χ4n) is 1.67. The van der Waals surface area contributed by atoms with Gasteiger partial charge in [0.25, 0.3) is 0 Å². The van der Waals surface area contributed by atoms with Gasteiger partial charge in [-0.3, -0.25) is 11.3 Å². The number of nitrogens with two attached hydrogens (primary N) is 1. The van der Waals surface area contributed by atoms with Crippen molar-refractivity contribution in [3.63, 3.8) is 0 Å². The van der Waals surface area contributed by atoms with Gasteiger partial charge in [0.15, 0.2) is 0 Å². The van der Waals surface area contributed by atoms with Gasteiger partial charge in [-0.05, 0) is 19.9 Å². The summed E-state index contributed by atoms with van der Waals surface area (Å²) < 4.78 is 5.19. The summed E-state index contributed by atoms with van der Waals surface area (Å²) in [6, 6.07) is 2.10. The summed E-state index contributed by atoms with van der Waals surface area (Å²) in [7, 11) is 1.67. The number of hydrogen-bond acceptors (Lipinski definition) is 6. The normalized spacial score (nSPS) is 12.7. The molecule has 0 fully saturated rings. The minimum absolute atomic E-state index is 0.0869. The molecule has 0 aromatic carbocycles. The highest BCUT2D eigenvalue weighted by molar-refractivity contribution is 7.11. The fraction of sp³-hybridized carbons (Fsp3) is 0.417. The predicted octanol–water partition coefficient (Wildman–Crippen LogP) is 2.58. The van der Waals surface area contributed by atoms with Gasteiger partial charge in [-0.1, -0.05) is 0 Å². The molecular formula is C12H17N3OS2. The molecule has 2 heterocycles. The molecule has 0 spiro atoms. The summed E-state index contributed by atoms with van der Waals surface area (Å²) in [5.41, 5.74) is 3.96. The maximum Gasteiger partial charge on any atom is 0.129 e. The molecule has 0 radical (unpaired) electrons. The van der Waals surface area contributed by atoms with Crippen LogP contribution in [0.15, 0.2) is 11.4 Å². The largest absolute Gasteiger partial charge is 0.496 e. The Balaban J connectivity index is 2.13. The van der Waals surface area contributed by atoms with Crippen molar-refractivity contribution >= 4 is 22.7 Å². The molecule has 1 atom stereocenters. The van der Waals surface area contributed by atoms with Gasteiger partial charge in [-0.2, -0.15) is 0 Å². The number of aryl methyl sites for hydroxylation is 2. The van der Waals surface area contributed by atoms with Crippen molar-refractivity contribution < 1.29 is 4.74 Å². The van der Waals surface area contributed by atoms with Crippen LogP contribution in [0.1, 0.15) is 26.5 Å². The standard InChI is InChI=1S/C12H17N3OS2/c1-7-8(2)18-12(14-7)5-10(15-13)11-4-9(16-3)6-17-11/h4,6,10,15H,5,13H2,1-3H3. The van der Waals surface area contributed by atoms with Gasteiger partial charge in [0.2, 0.25) is 0 Å². The number of methoxy groups -OCH3 is 1. The van der Waals surface area contributed by atoms with Crippen molar-refractivity contribution in [2.24, 2.45) is 5.84 Å². The highest BCUT2D eigenvalue weighted by Crippen LogP contribution is 2.29. The topological polar surface area (TPSA) is 60.2 Å². The zero-order valence-electron chi connectivity index (χ0n) is 10.7. The van der Waals surface area contributed by atoms with E-state index in [1.54, 1.807) is 29.8 Å². The third-order valence-corrected chi connectivity index (χ3v) is 4.95. The number of thiophene rings is 1. The molecule has 2 aromatic heterocycles. The molecule has 0 aliphatic rings. The first-order valence-corrected chi connectivity index (χ1v) is 7.35. The van der Waals surface area contributed by atoms with E-state index in [1.165, 1.54) is 9.75 Å². The zero-order valence-corrected chi connectivity index (χ0v) is 12.3. The minimum Gasteiger partial charge on any atom is -0.496 e. The van der Waals surface area contributed by atoms with E-state index < -0.39 is 0 Å². The van der Waals surface area contributed by atoms with Crippen molar-refractivity contribution in [3.05, 3.63) is 31.9 Å². The van der Waals surface area contributed by atoms with E-state index in [2.05, 4.69) is 17.3 Å². The highest BCUT2D eigenvalue weighted by atomic mass is 32.1. The smallest absolute Gasteiger partial charge is 0.129 e. The second-order valence-electron chi connectivity index (χ2n) is 4.06. The Bertz CT molecular complexity index is 502. The summed E-state index contributed by atoms with van der Waals surface area (Å²) in [5.74, 6) is 6.52. The SMILES string of the molecule is COc1csc(C(Cc2nc(C)c(C)s2)NN)c1. The van der Waals surface area contributed by atoms with Gasteiger partial charge in [-0.25, -0.2) is 4.98 Å². The van der Waals surface area contributed by atoms with Crippen LogP contribution in [0, 0.1) is 13.8 Å². The lowest BCUT2D eigenvalue weighted by molar-refractivity contribution is 0.415. The Morgan fingerprint density at radius 3 is 2.78 bits per heavy atom. The van der Waals surface area contributed by atoms with Crippen LogP contribution in [-0.2, 0) is 6.42 Å². The second kappa shape index (κ2) is 5.79. The molecule has 0 saturated heterocycles. The predicted molar refractivity (Wildman–Crippen MR) is 76.2 cm³/mol. The minimum atomic E-state index is 0.0869. The Kier molecular flexibility index (Phi) is 4.34. The third-order valence-electron chi connectivity index (χ3n) is 2.83. The first kappa shape index (κ1) is 13.5. The van der Waals surface area contributed by atoms with E-state index >= 15 is 0 Å². The van der Waals surface area contributed by atoms with Gasteiger partial charge >= 0.3 is 0 Å². The molecule has 0 aliphatic heterocycles. The molecule has 2 rings (SSSR count). The molecule has 3 N–H and O–H groups in total. The van der Waals surface area contributed by atoms with Gasteiger partial charge in [0, 0.05) is 21.6 Å². The first-order chi connectivity index (χ1) is 8.63. The maximum atomic E-state index is 5.64. The third kappa shape index (κ3) is 2.89. The fourth-order valence-corrected chi connectivity index (χ4v) is 3.56. The van der Waals surface area contributed by atoms with E-state index in [0.717, 1.165) is 22.9 Å². The van der Waals surface area contributed by atoms with E-state index in [9.17, 15) is 0 Å². The lowest BCUT2D eigenvalue weighted by Gasteiger charge is -2.11. The summed E-state index contributed by atoms with van der Waals surface area (Å²) in [5, 5.41) is 3.10. The van der Waals surface area contributed by atoms with Crippen LogP contribution < -0.4 is 16.0 Å². The number of nitrogens with zero attached hydrogens (tertiary/aromatic N) is 1. The van der Waals surface area contributed by atoms with Crippen molar-refractivity contribution in [2.45, 2.75) is 26.3 Å². The molecule has 1 unspecified atom stereocenters. The molecule has 0 saturated carbocycles. The average molecular weight is 283 g/mol. The van der Waals surface area contributed by atoms with E-state index in [1.807, 2.05) is 18.4 Å². The summed E-state index contributed by atoms with van der Waals surface area (Å²) >= 11 is 3.38. The van der Waals surface area contributed by atoms with Crippen molar-refractivity contribution in [2.75, 3.05) is 7.11 Å². The van der Waals surface area contributed by atoms with Crippen LogP contribution in [0.4, 0.5) is 0 Å². The molecule has 6 heteroatoms. The summed E-state index contributed by atoms with van der Waals surface area (Å²) in [6.45, 7) is 4.13. The Morgan fingerprint density at radius 2 is 2.28 bits per heavy atom. The number of rotatable bonds is 5. The van der Waals surface area contributed by atoms with Crippen LogP contribution in [-0.4, -0.2) is 12.1 Å². The zero-order chi connectivity index (χ0) is 13.1. The molecule has 98 valence electrons. The van der Waals surface area contributed by atoms with Crippen LogP contribution in [0.5, 0.6) is 5.75 Å². The molecule has 0 aliphatic carbocycles. The van der Waals surface area contributed by atoms with Crippen LogP contribution >= 0.6 is 22.7 Å². The van der Waals surface area contributed by atoms with Gasteiger partial charge in [-0.15, -0.1) is 22.7 Å². The van der Waals surface area contributed by atoms with Crippen LogP contribution in [0.3, 0.4) is 0 Å². The number of hydrogen-bond donors (Lipinski definition) is 2. The van der Waals surface area contributed by atoms with Crippen molar-refractivity contribution in [3.8, 4) is 5.75 Å². The Morgan fingerprint density at radius 1 is 1.50 bits per heavy atom. The lowest BCUT2D eigenvalue weighted by atomic mass is 10.2. The summed E-state index contributed by atoms with van der Waals surface area (Å²) in [4.78, 5) is 6.98. The van der Waals surface area contributed by atoms with Gasteiger partial charge < -0.3 is 4.74 Å². The van der Waals surface area contributed by atoms with Crippen molar-refractivity contribution in [1.29, 1.82) is 0 Å².